The number of hydrogen-bond donors (Lipinski definition) is 1. The van der Waals surface area contributed by atoms with Gasteiger partial charge in [-0.3, -0.25) is 9.59 Å². The molecule has 1 N–H and O–H groups in total. The van der Waals surface area contributed by atoms with Gasteiger partial charge in [-0.1, -0.05) is 0 Å². The van der Waals surface area contributed by atoms with Crippen molar-refractivity contribution in [1.82, 2.24) is 29.8 Å². The van der Waals surface area contributed by atoms with Crippen LogP contribution in [0.4, 0.5) is 0 Å². The van der Waals surface area contributed by atoms with E-state index in [0.29, 0.717) is 24.0 Å². The van der Waals surface area contributed by atoms with Gasteiger partial charge < -0.3 is 10.2 Å². The fourth-order valence-corrected chi connectivity index (χ4v) is 4.13. The molecule has 0 spiro atoms. The van der Waals surface area contributed by atoms with E-state index in [4.69, 9.17) is 0 Å². The molecule has 1 saturated carbocycles. The summed E-state index contributed by atoms with van der Waals surface area (Å²) in [7, 11) is 1.80. The van der Waals surface area contributed by atoms with E-state index in [1.165, 1.54) is 0 Å². The van der Waals surface area contributed by atoms with Crippen LogP contribution >= 0.6 is 0 Å². The number of nitrogens with one attached hydrogen (secondary N) is 1. The van der Waals surface area contributed by atoms with Gasteiger partial charge in [0.2, 0.25) is 11.7 Å². The summed E-state index contributed by atoms with van der Waals surface area (Å²) < 4.78 is 1.60. The lowest BCUT2D eigenvalue weighted by Crippen LogP contribution is -2.38. The quantitative estimate of drug-likeness (QED) is 0.868. The number of fused-ring (bicyclic) bond motifs is 2. The highest BCUT2D eigenvalue weighted by Crippen LogP contribution is 2.38. The topological polar surface area (TPSA) is 92.5 Å². The second-order valence-electron chi connectivity index (χ2n) is 7.26. The molecule has 0 radical (unpaired) electrons. The first kappa shape index (κ1) is 16.0. The van der Waals surface area contributed by atoms with Crippen LogP contribution < -0.4 is 5.32 Å². The predicted octanol–water partition coefficient (Wildman–Crippen LogP) is 0.728. The molecule has 3 atom stereocenters. The average Bonchev–Trinajstić information content (AvgIpc) is 3.16. The summed E-state index contributed by atoms with van der Waals surface area (Å²) >= 11 is 0. The van der Waals surface area contributed by atoms with Crippen LogP contribution in [-0.4, -0.2) is 55.9 Å². The Labute approximate surface area is 145 Å². The van der Waals surface area contributed by atoms with E-state index in [-0.39, 0.29) is 23.7 Å². The number of rotatable bonds is 2. The van der Waals surface area contributed by atoms with Gasteiger partial charge >= 0.3 is 0 Å². The van der Waals surface area contributed by atoms with E-state index in [0.717, 1.165) is 30.8 Å². The van der Waals surface area contributed by atoms with Gasteiger partial charge in [0.25, 0.3) is 11.7 Å². The van der Waals surface area contributed by atoms with Gasteiger partial charge in [-0.15, -0.1) is 5.10 Å². The molecular formula is C17H22N6O2. The first-order valence-corrected chi connectivity index (χ1v) is 8.67. The summed E-state index contributed by atoms with van der Waals surface area (Å²) in [6, 6.07) is 2.03. The number of carbonyl (C=O) groups excluding carboxylic acids is 2. The third-order valence-corrected chi connectivity index (χ3v) is 5.50. The molecule has 25 heavy (non-hydrogen) atoms. The molecule has 1 saturated heterocycles. The lowest BCUT2D eigenvalue weighted by atomic mass is 9.89. The highest BCUT2D eigenvalue weighted by atomic mass is 16.2. The lowest BCUT2D eigenvalue weighted by Gasteiger charge is -2.24. The molecule has 0 aromatic carbocycles. The van der Waals surface area contributed by atoms with Crippen molar-refractivity contribution in [3.63, 3.8) is 0 Å². The van der Waals surface area contributed by atoms with Crippen LogP contribution in [0.5, 0.6) is 0 Å². The highest BCUT2D eigenvalue weighted by Gasteiger charge is 2.41. The first-order chi connectivity index (χ1) is 11.9. The van der Waals surface area contributed by atoms with Crippen molar-refractivity contribution in [3.8, 4) is 0 Å². The molecule has 1 aliphatic carbocycles. The molecule has 8 heteroatoms. The molecular weight excluding hydrogens is 320 g/mol. The largest absolute Gasteiger partial charge is 0.356 e. The van der Waals surface area contributed by atoms with Gasteiger partial charge in [-0.2, -0.15) is 4.98 Å². The summed E-state index contributed by atoms with van der Waals surface area (Å²) in [5.41, 5.74) is 1.75. The smallest absolute Gasteiger partial charge is 0.293 e. The van der Waals surface area contributed by atoms with Crippen LogP contribution in [0.2, 0.25) is 0 Å². The fourth-order valence-electron chi connectivity index (χ4n) is 4.13. The van der Waals surface area contributed by atoms with Gasteiger partial charge in [0.15, 0.2) is 0 Å². The third-order valence-electron chi connectivity index (χ3n) is 5.50. The first-order valence-electron chi connectivity index (χ1n) is 8.67. The third kappa shape index (κ3) is 2.75. The molecule has 0 unspecified atom stereocenters. The number of hydrogen-bond acceptors (Lipinski definition) is 5. The highest BCUT2D eigenvalue weighted by molar-refractivity contribution is 5.91. The molecule has 2 aliphatic rings. The maximum Gasteiger partial charge on any atom is 0.293 e. The van der Waals surface area contributed by atoms with Gasteiger partial charge in [0.05, 0.1) is 0 Å². The number of carbonyl (C=O) groups is 2. The Bertz CT molecular complexity index is 860. The Morgan fingerprint density at radius 2 is 2.04 bits per heavy atom. The molecule has 0 bridgehead atoms. The standard InChI is InChI=1S/C17H22N6O2/c1-9-4-10(2)23-17(19-9)20-15(21-23)16(25)22(3)13-5-11-7-14(24)18-8-12(11)6-13/h4,11-13H,5-8H2,1-3H3,(H,18,24)/t11-,12+,13-/m0/s1. The Morgan fingerprint density at radius 1 is 1.28 bits per heavy atom. The zero-order valence-corrected chi connectivity index (χ0v) is 14.7. The Kier molecular flexibility index (Phi) is 3.70. The normalized spacial score (nSPS) is 25.7. The van der Waals surface area contributed by atoms with Gasteiger partial charge in [0, 0.05) is 37.4 Å². The molecule has 8 nitrogen and oxygen atoms in total. The van der Waals surface area contributed by atoms with E-state index in [9.17, 15) is 9.59 Å². The van der Waals surface area contributed by atoms with Crippen LogP contribution in [-0.2, 0) is 4.79 Å². The molecule has 2 aromatic heterocycles. The van der Waals surface area contributed by atoms with Crippen LogP contribution in [0.1, 0.15) is 41.3 Å². The molecule has 2 fully saturated rings. The van der Waals surface area contributed by atoms with Crippen molar-refractivity contribution in [3.05, 3.63) is 23.3 Å². The van der Waals surface area contributed by atoms with Crippen LogP contribution in [0, 0.1) is 25.7 Å². The SMILES string of the molecule is Cc1cc(C)n2nc(C(=O)N(C)[C@H]3C[C@H]4CC(=O)NC[C@H]4C3)nc2n1. The minimum absolute atomic E-state index is 0.120. The predicted molar refractivity (Wildman–Crippen MR) is 90.0 cm³/mol. The summed E-state index contributed by atoms with van der Waals surface area (Å²) in [6.07, 6.45) is 2.35. The van der Waals surface area contributed by atoms with Crippen LogP contribution in [0.3, 0.4) is 0 Å². The summed E-state index contributed by atoms with van der Waals surface area (Å²) in [6.45, 7) is 4.53. The number of aromatic nitrogens is 4. The molecule has 132 valence electrons. The van der Waals surface area contributed by atoms with E-state index >= 15 is 0 Å². The lowest BCUT2D eigenvalue weighted by molar-refractivity contribution is -0.124. The van der Waals surface area contributed by atoms with Crippen LogP contribution in [0.25, 0.3) is 5.78 Å². The number of aryl methyl sites for hydroxylation is 2. The van der Waals surface area contributed by atoms with E-state index in [1.54, 1.807) is 16.5 Å². The van der Waals surface area contributed by atoms with Gasteiger partial charge in [-0.25, -0.2) is 9.50 Å². The van der Waals surface area contributed by atoms with Crippen molar-refractivity contribution in [2.75, 3.05) is 13.6 Å². The van der Waals surface area contributed by atoms with Gasteiger partial charge in [-0.05, 0) is 44.6 Å². The van der Waals surface area contributed by atoms with Crippen molar-refractivity contribution in [2.45, 2.75) is 39.2 Å². The minimum atomic E-state index is -0.189. The van der Waals surface area contributed by atoms with E-state index in [1.807, 2.05) is 19.9 Å². The summed E-state index contributed by atoms with van der Waals surface area (Å²) in [5.74, 6) is 1.38. The maximum absolute atomic E-state index is 12.8. The molecule has 4 rings (SSSR count). The van der Waals surface area contributed by atoms with E-state index < -0.39 is 0 Å². The monoisotopic (exact) mass is 342 g/mol. The number of amides is 2. The molecule has 2 amide bonds. The Balaban J connectivity index is 1.55. The molecule has 2 aromatic rings. The fraction of sp³-hybridized carbons (Fsp3) is 0.588. The minimum Gasteiger partial charge on any atom is -0.356 e. The Morgan fingerprint density at radius 3 is 2.84 bits per heavy atom. The van der Waals surface area contributed by atoms with Crippen LogP contribution in [0.15, 0.2) is 6.07 Å². The molecule has 3 heterocycles. The summed E-state index contributed by atoms with van der Waals surface area (Å²) in [4.78, 5) is 34.8. The van der Waals surface area contributed by atoms with Crippen molar-refractivity contribution < 1.29 is 9.59 Å². The average molecular weight is 342 g/mol. The van der Waals surface area contributed by atoms with Crippen molar-refractivity contribution in [1.29, 1.82) is 0 Å². The second-order valence-corrected chi connectivity index (χ2v) is 7.26. The van der Waals surface area contributed by atoms with Crippen molar-refractivity contribution >= 4 is 17.6 Å². The zero-order valence-electron chi connectivity index (χ0n) is 14.7. The van der Waals surface area contributed by atoms with Gasteiger partial charge in [0.1, 0.15) is 0 Å². The van der Waals surface area contributed by atoms with E-state index in [2.05, 4.69) is 20.4 Å². The van der Waals surface area contributed by atoms with Crippen molar-refractivity contribution in [2.24, 2.45) is 11.8 Å². The zero-order chi connectivity index (χ0) is 17.7. The number of piperidine rings is 1. The maximum atomic E-state index is 12.8. The summed E-state index contributed by atoms with van der Waals surface area (Å²) in [5, 5.41) is 7.26. The molecule has 1 aliphatic heterocycles. The second kappa shape index (κ2) is 5.79. The number of nitrogens with zero attached hydrogens (tertiary/aromatic N) is 5. The Hall–Kier alpha value is -2.51.